The van der Waals surface area contributed by atoms with Crippen molar-refractivity contribution < 1.29 is 24.3 Å². The van der Waals surface area contributed by atoms with Gasteiger partial charge in [-0.3, -0.25) is 9.59 Å². The van der Waals surface area contributed by atoms with E-state index in [0.717, 1.165) is 21.2 Å². The van der Waals surface area contributed by atoms with E-state index in [1.54, 1.807) is 28.4 Å². The van der Waals surface area contributed by atoms with E-state index in [9.17, 15) is 14.4 Å². The number of aliphatic carboxylic acids is 1. The maximum Gasteiger partial charge on any atom is 0.344 e. The van der Waals surface area contributed by atoms with Gasteiger partial charge in [0.15, 0.2) is 15.2 Å². The highest BCUT2D eigenvalue weighted by atomic mass is 35.5. The van der Waals surface area contributed by atoms with Crippen LogP contribution in [-0.2, 0) is 19.2 Å². The maximum atomic E-state index is 12.9. The molecule has 0 radical (unpaired) electrons. The molecule has 2 aliphatic heterocycles. The molecule has 1 unspecified atom stereocenters. The largest absolute Gasteiger partial charge is 0.479 e. The Balaban J connectivity index is 1.42. The average molecular weight is 548 g/mol. The van der Waals surface area contributed by atoms with E-state index < -0.39 is 24.5 Å². The van der Waals surface area contributed by atoms with Crippen molar-refractivity contribution in [3.63, 3.8) is 0 Å². The minimum absolute atomic E-state index is 0.0575. The second-order valence-electron chi connectivity index (χ2n) is 6.46. The van der Waals surface area contributed by atoms with Crippen molar-refractivity contribution in [2.45, 2.75) is 15.8 Å². The SMILES string of the molecule is Nc1nc(C(=NOCC(=O)O)C(=O)NC2C(=O)N3C=C(CSc4nncs4)CS[C@@H]23)c(Cl)s1. The summed E-state index contributed by atoms with van der Waals surface area (Å²) in [5.74, 6) is -0.986. The number of fused-ring (bicyclic) bond motifs is 1. The lowest BCUT2D eigenvalue weighted by atomic mass is 10.1. The van der Waals surface area contributed by atoms with Gasteiger partial charge in [-0.05, 0) is 5.57 Å². The Bertz CT molecular complexity index is 1140. The number of thiazole rings is 1. The predicted octanol–water partition coefficient (Wildman–Crippen LogP) is 1.11. The molecule has 1 saturated heterocycles. The highest BCUT2D eigenvalue weighted by molar-refractivity contribution is 8.01. The number of thioether (sulfide) groups is 2. The number of halogens is 1. The molecular weight excluding hydrogens is 534 g/mol. The Kier molecular flexibility index (Phi) is 7.38. The fourth-order valence-corrected chi connectivity index (χ4v) is 6.60. The van der Waals surface area contributed by atoms with Crippen LogP contribution in [-0.4, -0.2) is 78.2 Å². The summed E-state index contributed by atoms with van der Waals surface area (Å²) in [6.45, 7) is -0.773. The number of carbonyl (C=O) groups excluding carboxylic acids is 2. The third kappa shape index (κ3) is 5.40. The number of carbonyl (C=O) groups is 3. The standard InChI is InChI=1S/C16H14ClN7O5S4/c17-11-8(21-15(18)33-11)9(23-29-2-7(25)26)12(27)20-10-13(28)24-1-6(3-30-14(10)24)4-31-16-22-19-5-32-16/h1,5,10,14H,2-4H2,(H2,18,21)(H,20,27)(H,25,26)/t10?,14-/m0/s1. The molecule has 33 heavy (non-hydrogen) atoms. The van der Waals surface area contributed by atoms with Crippen molar-refractivity contribution in [1.82, 2.24) is 25.4 Å². The molecular formula is C16H14ClN7O5S4. The molecule has 0 bridgehead atoms. The lowest BCUT2D eigenvalue weighted by molar-refractivity contribution is -0.143. The Labute approximate surface area is 207 Å². The van der Waals surface area contributed by atoms with Gasteiger partial charge in [0, 0.05) is 17.7 Å². The zero-order valence-corrected chi connectivity index (χ0v) is 20.4. The number of nitrogens with one attached hydrogen (secondary N) is 1. The molecule has 4 heterocycles. The summed E-state index contributed by atoms with van der Waals surface area (Å²) in [5, 5.41) is 22.5. The minimum atomic E-state index is -1.28. The first-order valence-electron chi connectivity index (χ1n) is 9.00. The molecule has 2 aromatic heterocycles. The van der Waals surface area contributed by atoms with Gasteiger partial charge in [-0.25, -0.2) is 9.78 Å². The number of oxime groups is 1. The van der Waals surface area contributed by atoms with Gasteiger partial charge in [-0.2, -0.15) is 0 Å². The molecule has 174 valence electrons. The molecule has 1 fully saturated rings. The highest BCUT2D eigenvalue weighted by Gasteiger charge is 2.49. The Morgan fingerprint density at radius 2 is 2.30 bits per heavy atom. The first-order valence-corrected chi connectivity index (χ1v) is 13.1. The second-order valence-corrected chi connectivity index (χ2v) is 11.3. The van der Waals surface area contributed by atoms with Crippen molar-refractivity contribution in [2.24, 2.45) is 5.16 Å². The molecule has 4 N–H and O–H groups in total. The van der Waals surface area contributed by atoms with Crippen molar-refractivity contribution in [3.05, 3.63) is 27.3 Å². The first kappa shape index (κ1) is 23.7. The van der Waals surface area contributed by atoms with Crippen LogP contribution in [0.25, 0.3) is 0 Å². The molecule has 2 aliphatic rings. The van der Waals surface area contributed by atoms with Crippen LogP contribution in [0, 0.1) is 0 Å². The first-order chi connectivity index (χ1) is 15.8. The molecule has 2 amide bonds. The summed E-state index contributed by atoms with van der Waals surface area (Å²) in [6, 6.07) is -0.796. The predicted molar refractivity (Wildman–Crippen MR) is 125 cm³/mol. The zero-order valence-electron chi connectivity index (χ0n) is 16.3. The summed E-state index contributed by atoms with van der Waals surface area (Å²) >= 11 is 11.5. The maximum absolute atomic E-state index is 12.9. The molecule has 2 atom stereocenters. The van der Waals surface area contributed by atoms with Crippen LogP contribution in [0.4, 0.5) is 5.13 Å². The Morgan fingerprint density at radius 1 is 1.48 bits per heavy atom. The monoisotopic (exact) mass is 547 g/mol. The van der Waals surface area contributed by atoms with E-state index in [1.807, 2.05) is 0 Å². The second kappa shape index (κ2) is 10.3. The fourth-order valence-electron chi connectivity index (χ4n) is 2.84. The number of nitrogens with zero attached hydrogens (tertiary/aromatic N) is 5. The number of hydrogen-bond donors (Lipinski definition) is 3. The number of carboxylic acids is 1. The van der Waals surface area contributed by atoms with Crippen LogP contribution < -0.4 is 11.1 Å². The average Bonchev–Trinajstić information content (AvgIpc) is 3.42. The van der Waals surface area contributed by atoms with Gasteiger partial charge >= 0.3 is 5.97 Å². The number of anilines is 1. The smallest absolute Gasteiger partial charge is 0.344 e. The lowest BCUT2D eigenvalue weighted by Gasteiger charge is -2.47. The van der Waals surface area contributed by atoms with Crippen LogP contribution >= 0.6 is 57.8 Å². The van der Waals surface area contributed by atoms with E-state index in [1.165, 1.54) is 23.1 Å². The number of aromatic nitrogens is 3. The van der Waals surface area contributed by atoms with Crippen molar-refractivity contribution in [3.8, 4) is 0 Å². The molecule has 12 nitrogen and oxygen atoms in total. The number of nitrogens with two attached hydrogens (primary N) is 1. The normalized spacial score (nSPS) is 20.0. The fraction of sp³-hybridized carbons (Fsp3) is 0.312. The Hall–Kier alpha value is -2.40. The van der Waals surface area contributed by atoms with Crippen molar-refractivity contribution >= 4 is 86.4 Å². The van der Waals surface area contributed by atoms with Crippen LogP contribution in [0.2, 0.25) is 4.34 Å². The van der Waals surface area contributed by atoms with Crippen molar-refractivity contribution in [1.29, 1.82) is 0 Å². The molecule has 0 aromatic carbocycles. The Morgan fingerprint density at radius 3 is 2.97 bits per heavy atom. The van der Waals surface area contributed by atoms with Gasteiger partial charge in [0.2, 0.25) is 6.61 Å². The molecule has 17 heteroatoms. The quantitative estimate of drug-likeness (QED) is 0.177. The number of carboxylic acid groups (broad SMARTS) is 1. The number of hydrogen-bond acceptors (Lipinski definition) is 13. The van der Waals surface area contributed by atoms with E-state index in [4.69, 9.17) is 27.3 Å². The molecule has 2 aromatic rings. The van der Waals surface area contributed by atoms with E-state index in [0.29, 0.717) is 11.5 Å². The number of nitrogen functional groups attached to an aromatic ring is 1. The van der Waals surface area contributed by atoms with Crippen LogP contribution in [0.15, 0.2) is 26.8 Å². The summed E-state index contributed by atoms with van der Waals surface area (Å²) < 4.78 is 0.927. The van der Waals surface area contributed by atoms with Gasteiger partial charge < -0.3 is 25.9 Å². The van der Waals surface area contributed by atoms with Gasteiger partial charge in [0.1, 0.15) is 27.0 Å². The van der Waals surface area contributed by atoms with E-state index in [-0.39, 0.29) is 32.2 Å². The topological polar surface area (TPSA) is 173 Å². The van der Waals surface area contributed by atoms with Crippen LogP contribution in [0.1, 0.15) is 5.69 Å². The number of rotatable bonds is 9. The highest BCUT2D eigenvalue weighted by Crippen LogP contribution is 2.37. The molecule has 0 spiro atoms. The molecule has 0 saturated carbocycles. The minimum Gasteiger partial charge on any atom is -0.479 e. The van der Waals surface area contributed by atoms with Crippen molar-refractivity contribution in [2.75, 3.05) is 23.8 Å². The van der Waals surface area contributed by atoms with Gasteiger partial charge in [0.05, 0.1) is 0 Å². The zero-order chi connectivity index (χ0) is 23.5. The van der Waals surface area contributed by atoms with E-state index in [2.05, 4.69) is 25.7 Å². The summed E-state index contributed by atoms with van der Waals surface area (Å²) in [6.07, 6.45) is 1.79. The van der Waals surface area contributed by atoms with Gasteiger partial charge in [0.25, 0.3) is 11.8 Å². The van der Waals surface area contributed by atoms with Gasteiger partial charge in [-0.1, -0.05) is 51.2 Å². The summed E-state index contributed by atoms with van der Waals surface area (Å²) in [7, 11) is 0. The third-order valence-corrected chi connectivity index (χ3v) is 8.66. The van der Waals surface area contributed by atoms with Crippen LogP contribution in [0.3, 0.4) is 0 Å². The third-order valence-electron chi connectivity index (χ3n) is 4.23. The lowest BCUT2D eigenvalue weighted by Crippen LogP contribution is -2.69. The molecule has 0 aliphatic carbocycles. The summed E-state index contributed by atoms with van der Waals surface area (Å²) in [4.78, 5) is 46.5. The number of amides is 2. The molecule has 4 rings (SSSR count). The van der Waals surface area contributed by atoms with Crippen LogP contribution in [0.5, 0.6) is 0 Å². The number of β-lactam (4-membered cyclic amide) rings is 1. The summed E-state index contributed by atoms with van der Waals surface area (Å²) in [5.41, 5.74) is 7.92. The van der Waals surface area contributed by atoms with E-state index >= 15 is 0 Å². The van der Waals surface area contributed by atoms with Gasteiger partial charge in [-0.15, -0.1) is 22.0 Å².